The van der Waals surface area contributed by atoms with Gasteiger partial charge < -0.3 is 20.1 Å². The molecule has 1 aromatic carbocycles. The van der Waals surface area contributed by atoms with E-state index in [0.717, 1.165) is 62.2 Å². The Bertz CT molecular complexity index is 882. The van der Waals surface area contributed by atoms with Crippen molar-refractivity contribution in [1.82, 2.24) is 10.3 Å². The molecule has 6 heteroatoms. The maximum absolute atomic E-state index is 12.9. The van der Waals surface area contributed by atoms with Crippen LogP contribution in [0.3, 0.4) is 0 Å². The smallest absolute Gasteiger partial charge is 0.270 e. The molecule has 0 bridgehead atoms. The lowest BCUT2D eigenvalue weighted by atomic mass is 9.92. The highest BCUT2D eigenvalue weighted by Gasteiger charge is 2.28. The van der Waals surface area contributed by atoms with Crippen molar-refractivity contribution in [2.24, 2.45) is 0 Å². The van der Waals surface area contributed by atoms with Crippen LogP contribution in [0.15, 0.2) is 30.3 Å². The summed E-state index contributed by atoms with van der Waals surface area (Å²) >= 11 is 0. The SMILES string of the molecule is COc1ccc(Cc2cc(C(=O)N[C@H]3CCCC[C@@H]3O)nc3c2CCN3C)cc1. The summed E-state index contributed by atoms with van der Waals surface area (Å²) in [6.45, 7) is 0.907. The second-order valence-electron chi connectivity index (χ2n) is 8.10. The number of benzene rings is 1. The molecule has 1 aromatic heterocycles. The predicted molar refractivity (Wildman–Crippen MR) is 113 cm³/mol. The molecule has 0 radical (unpaired) electrons. The Morgan fingerprint density at radius 2 is 2.03 bits per heavy atom. The van der Waals surface area contributed by atoms with Gasteiger partial charge in [-0.15, -0.1) is 0 Å². The summed E-state index contributed by atoms with van der Waals surface area (Å²) in [6.07, 6.45) is 4.82. The van der Waals surface area contributed by atoms with E-state index in [0.29, 0.717) is 5.69 Å². The van der Waals surface area contributed by atoms with Crippen molar-refractivity contribution in [1.29, 1.82) is 0 Å². The number of carbonyl (C=O) groups excluding carboxylic acids is 1. The molecule has 2 aromatic rings. The number of rotatable bonds is 5. The minimum absolute atomic E-state index is 0.186. The number of amides is 1. The van der Waals surface area contributed by atoms with E-state index in [1.54, 1.807) is 7.11 Å². The third kappa shape index (κ3) is 4.22. The van der Waals surface area contributed by atoms with Gasteiger partial charge in [0.1, 0.15) is 17.3 Å². The van der Waals surface area contributed by atoms with Crippen LogP contribution in [0.25, 0.3) is 0 Å². The zero-order valence-electron chi connectivity index (χ0n) is 17.1. The number of fused-ring (bicyclic) bond motifs is 1. The van der Waals surface area contributed by atoms with Gasteiger partial charge in [-0.3, -0.25) is 4.79 Å². The number of nitrogens with zero attached hydrogens (tertiary/aromatic N) is 2. The third-order valence-corrected chi connectivity index (χ3v) is 6.09. The molecule has 2 aliphatic rings. The average molecular weight is 396 g/mol. The van der Waals surface area contributed by atoms with E-state index < -0.39 is 6.10 Å². The summed E-state index contributed by atoms with van der Waals surface area (Å²) in [7, 11) is 3.68. The van der Waals surface area contributed by atoms with Crippen molar-refractivity contribution >= 4 is 11.7 Å². The van der Waals surface area contributed by atoms with Gasteiger partial charge in [0.15, 0.2) is 0 Å². The van der Waals surface area contributed by atoms with Crippen molar-refractivity contribution in [2.75, 3.05) is 25.6 Å². The Balaban J connectivity index is 1.60. The van der Waals surface area contributed by atoms with Crippen LogP contribution in [0.5, 0.6) is 5.75 Å². The summed E-state index contributed by atoms with van der Waals surface area (Å²) in [5.41, 5.74) is 3.96. The van der Waals surface area contributed by atoms with Gasteiger partial charge in [0.05, 0.1) is 19.3 Å². The van der Waals surface area contributed by atoms with E-state index in [9.17, 15) is 9.90 Å². The number of methoxy groups -OCH3 is 1. The highest BCUT2D eigenvalue weighted by atomic mass is 16.5. The number of ether oxygens (including phenoxy) is 1. The monoisotopic (exact) mass is 395 g/mol. The van der Waals surface area contributed by atoms with Crippen LogP contribution in [0.1, 0.15) is 52.9 Å². The summed E-state index contributed by atoms with van der Waals surface area (Å²) < 4.78 is 5.25. The number of hydrogen-bond acceptors (Lipinski definition) is 5. The van der Waals surface area contributed by atoms with Crippen LogP contribution >= 0.6 is 0 Å². The largest absolute Gasteiger partial charge is 0.497 e. The molecule has 154 valence electrons. The number of aromatic nitrogens is 1. The van der Waals surface area contributed by atoms with E-state index in [2.05, 4.69) is 27.3 Å². The molecule has 1 saturated carbocycles. The number of likely N-dealkylation sites (N-methyl/N-ethyl adjacent to an activating group) is 1. The van der Waals surface area contributed by atoms with Gasteiger partial charge in [-0.1, -0.05) is 25.0 Å². The molecule has 1 aliphatic heterocycles. The van der Waals surface area contributed by atoms with Crippen molar-refractivity contribution in [3.05, 3.63) is 52.7 Å². The summed E-state index contributed by atoms with van der Waals surface area (Å²) in [5, 5.41) is 13.2. The van der Waals surface area contributed by atoms with E-state index in [4.69, 9.17) is 4.74 Å². The standard InChI is InChI=1S/C23H29N3O3/c1-26-12-11-18-16(13-15-7-9-17(29-2)10-8-15)14-20(24-22(18)26)23(28)25-19-5-3-4-6-21(19)27/h7-10,14,19,21,27H,3-6,11-13H2,1-2H3,(H,25,28)/t19-,21-/m0/s1. The Kier molecular flexibility index (Phi) is 5.72. The van der Waals surface area contributed by atoms with Crippen LogP contribution in [-0.2, 0) is 12.8 Å². The predicted octanol–water partition coefficient (Wildman–Crippen LogP) is 2.71. The van der Waals surface area contributed by atoms with Crippen LogP contribution in [-0.4, -0.2) is 48.8 Å². The molecule has 4 rings (SSSR count). The molecule has 1 aliphatic carbocycles. The molecule has 6 nitrogen and oxygen atoms in total. The number of hydrogen-bond donors (Lipinski definition) is 2. The molecule has 0 unspecified atom stereocenters. The lowest BCUT2D eigenvalue weighted by Gasteiger charge is -2.28. The molecule has 2 N–H and O–H groups in total. The van der Waals surface area contributed by atoms with Crippen LogP contribution in [0.4, 0.5) is 5.82 Å². The maximum atomic E-state index is 12.9. The van der Waals surface area contributed by atoms with Crippen molar-refractivity contribution in [2.45, 2.75) is 50.7 Å². The number of anilines is 1. The second kappa shape index (κ2) is 8.41. The van der Waals surface area contributed by atoms with E-state index in [1.807, 2.05) is 25.2 Å². The van der Waals surface area contributed by atoms with Gasteiger partial charge in [0, 0.05) is 19.2 Å². The van der Waals surface area contributed by atoms with Gasteiger partial charge in [-0.25, -0.2) is 4.98 Å². The highest BCUT2D eigenvalue weighted by Crippen LogP contribution is 2.30. The quantitative estimate of drug-likeness (QED) is 0.814. The Hall–Kier alpha value is -2.60. The Labute approximate surface area is 171 Å². The lowest BCUT2D eigenvalue weighted by Crippen LogP contribution is -2.45. The first kappa shape index (κ1) is 19.7. The summed E-state index contributed by atoms with van der Waals surface area (Å²) in [4.78, 5) is 19.7. The fourth-order valence-corrected chi connectivity index (χ4v) is 4.34. The van der Waals surface area contributed by atoms with Gasteiger partial charge in [-0.05, 0) is 55.0 Å². The molecule has 2 heterocycles. The third-order valence-electron chi connectivity index (χ3n) is 6.09. The van der Waals surface area contributed by atoms with Gasteiger partial charge in [0.2, 0.25) is 0 Å². The van der Waals surface area contributed by atoms with Crippen molar-refractivity contribution < 1.29 is 14.6 Å². The zero-order chi connectivity index (χ0) is 20.4. The number of aliphatic hydroxyl groups is 1. The number of nitrogens with one attached hydrogen (secondary N) is 1. The average Bonchev–Trinajstić information content (AvgIpc) is 3.11. The highest BCUT2D eigenvalue weighted by molar-refractivity contribution is 5.93. The molecular formula is C23H29N3O3. The van der Waals surface area contributed by atoms with E-state index in [1.165, 1.54) is 11.1 Å². The fraction of sp³-hybridized carbons (Fsp3) is 0.478. The van der Waals surface area contributed by atoms with Gasteiger partial charge >= 0.3 is 0 Å². The molecule has 29 heavy (non-hydrogen) atoms. The number of carbonyl (C=O) groups is 1. The minimum Gasteiger partial charge on any atom is -0.497 e. The Morgan fingerprint density at radius 1 is 1.28 bits per heavy atom. The first-order valence-electron chi connectivity index (χ1n) is 10.4. The number of pyridine rings is 1. The van der Waals surface area contributed by atoms with Crippen LogP contribution in [0.2, 0.25) is 0 Å². The lowest BCUT2D eigenvalue weighted by molar-refractivity contribution is 0.0714. The summed E-state index contributed by atoms with van der Waals surface area (Å²) in [6, 6.07) is 9.77. The normalized spacial score (nSPS) is 21.0. The first-order valence-corrected chi connectivity index (χ1v) is 10.4. The van der Waals surface area contributed by atoms with Crippen LogP contribution in [0, 0.1) is 0 Å². The van der Waals surface area contributed by atoms with Crippen molar-refractivity contribution in [3.8, 4) is 5.75 Å². The number of aliphatic hydroxyl groups excluding tert-OH is 1. The molecule has 0 saturated heterocycles. The fourth-order valence-electron chi connectivity index (χ4n) is 4.34. The van der Waals surface area contributed by atoms with Gasteiger partial charge in [-0.2, -0.15) is 0 Å². The Morgan fingerprint density at radius 3 is 2.76 bits per heavy atom. The zero-order valence-corrected chi connectivity index (χ0v) is 17.1. The molecular weight excluding hydrogens is 366 g/mol. The summed E-state index contributed by atoms with van der Waals surface area (Å²) in [5.74, 6) is 1.53. The molecule has 1 fully saturated rings. The molecule has 1 amide bonds. The second-order valence-corrected chi connectivity index (χ2v) is 8.10. The maximum Gasteiger partial charge on any atom is 0.270 e. The van der Waals surface area contributed by atoms with E-state index in [-0.39, 0.29) is 11.9 Å². The topological polar surface area (TPSA) is 74.7 Å². The minimum atomic E-state index is -0.469. The van der Waals surface area contributed by atoms with E-state index >= 15 is 0 Å². The molecule has 2 atom stereocenters. The van der Waals surface area contributed by atoms with Crippen LogP contribution < -0.4 is 15.0 Å². The molecule has 0 spiro atoms. The van der Waals surface area contributed by atoms with Crippen molar-refractivity contribution in [3.63, 3.8) is 0 Å². The van der Waals surface area contributed by atoms with Gasteiger partial charge in [0.25, 0.3) is 5.91 Å². The first-order chi connectivity index (χ1) is 14.0.